The van der Waals surface area contributed by atoms with E-state index < -0.39 is 10.0 Å². The number of hydrogen-bond acceptors (Lipinski definition) is 3. The molecule has 7 heteroatoms. The van der Waals surface area contributed by atoms with Crippen LogP contribution in [0.1, 0.15) is 50.3 Å². The Morgan fingerprint density at radius 1 is 1.38 bits per heavy atom. The maximum atomic E-state index is 12.8. The highest BCUT2D eigenvalue weighted by molar-refractivity contribution is 7.89. The average Bonchev–Trinajstić information content (AvgIpc) is 2.68. The van der Waals surface area contributed by atoms with Gasteiger partial charge >= 0.3 is 0 Å². The number of nitrogens with zero attached hydrogens (tertiary/aromatic N) is 2. The Bertz CT molecular complexity index is 571. The maximum Gasteiger partial charge on any atom is 0.262 e. The fourth-order valence-corrected chi connectivity index (χ4v) is 5.06. The van der Waals surface area contributed by atoms with Crippen LogP contribution in [0.5, 0.6) is 0 Å². The van der Waals surface area contributed by atoms with E-state index in [1.54, 1.807) is 11.2 Å². The molecular formula is C14H24ClN3O2S. The molecule has 0 aromatic carbocycles. The third kappa shape index (κ3) is 3.60. The van der Waals surface area contributed by atoms with Crippen LogP contribution in [0.3, 0.4) is 0 Å². The van der Waals surface area contributed by atoms with E-state index in [4.69, 9.17) is 11.6 Å². The topological polar surface area (TPSA) is 66.1 Å². The van der Waals surface area contributed by atoms with Gasteiger partial charge in [0, 0.05) is 24.3 Å². The summed E-state index contributed by atoms with van der Waals surface area (Å²) in [5.41, 5.74) is 1.31. The van der Waals surface area contributed by atoms with E-state index in [-0.39, 0.29) is 10.9 Å². The summed E-state index contributed by atoms with van der Waals surface area (Å²) < 4.78 is 27.1. The molecule has 1 N–H and O–H groups in total. The summed E-state index contributed by atoms with van der Waals surface area (Å²) in [6, 6.07) is 0. The molecule has 0 spiro atoms. The van der Waals surface area contributed by atoms with E-state index in [1.807, 2.05) is 0 Å². The van der Waals surface area contributed by atoms with Gasteiger partial charge in [0.15, 0.2) is 5.03 Å². The highest BCUT2D eigenvalue weighted by Gasteiger charge is 2.31. The molecule has 1 saturated heterocycles. The second-order valence-corrected chi connectivity index (χ2v) is 7.88. The van der Waals surface area contributed by atoms with Crippen molar-refractivity contribution in [1.82, 2.24) is 14.5 Å². The van der Waals surface area contributed by atoms with E-state index >= 15 is 0 Å². The predicted octanol–water partition coefficient (Wildman–Crippen LogP) is 3.05. The van der Waals surface area contributed by atoms with Gasteiger partial charge in [0.25, 0.3) is 10.0 Å². The maximum absolute atomic E-state index is 12.8. The van der Waals surface area contributed by atoms with Gasteiger partial charge in [0.2, 0.25) is 0 Å². The molecule has 1 aliphatic heterocycles. The first-order valence-corrected chi connectivity index (χ1v) is 9.58. The fraction of sp³-hybridized carbons (Fsp3) is 0.786. The number of rotatable bonds is 5. The number of hydrogen-bond donors (Lipinski definition) is 1. The molecule has 1 aromatic rings. The second kappa shape index (κ2) is 7.11. The van der Waals surface area contributed by atoms with E-state index in [0.717, 1.165) is 31.4 Å². The Balaban J connectivity index is 2.19. The molecule has 1 aliphatic rings. The van der Waals surface area contributed by atoms with Crippen LogP contribution in [0.2, 0.25) is 0 Å². The lowest BCUT2D eigenvalue weighted by Gasteiger charge is -2.19. The molecule has 1 unspecified atom stereocenters. The van der Waals surface area contributed by atoms with Gasteiger partial charge in [-0.25, -0.2) is 8.42 Å². The van der Waals surface area contributed by atoms with Gasteiger partial charge in [0.05, 0.1) is 5.88 Å². The minimum atomic E-state index is -3.54. The zero-order chi connectivity index (χ0) is 15.5. The van der Waals surface area contributed by atoms with Crippen molar-refractivity contribution in [3.05, 3.63) is 11.3 Å². The van der Waals surface area contributed by atoms with Gasteiger partial charge in [-0.05, 0) is 32.1 Å². The van der Waals surface area contributed by atoms with Gasteiger partial charge < -0.3 is 0 Å². The smallest absolute Gasteiger partial charge is 0.262 e. The molecule has 2 rings (SSSR count). The molecule has 0 bridgehead atoms. The van der Waals surface area contributed by atoms with Crippen molar-refractivity contribution in [2.45, 2.75) is 56.9 Å². The first kappa shape index (κ1) is 16.8. The third-order valence-electron chi connectivity index (χ3n) is 4.26. The largest absolute Gasteiger partial charge is 0.281 e. The number of halogens is 1. The lowest BCUT2D eigenvalue weighted by molar-refractivity contribution is 0.398. The quantitative estimate of drug-likeness (QED) is 0.842. The average molecular weight is 334 g/mol. The predicted molar refractivity (Wildman–Crippen MR) is 83.9 cm³/mol. The van der Waals surface area contributed by atoms with Crippen molar-refractivity contribution < 1.29 is 8.42 Å². The summed E-state index contributed by atoms with van der Waals surface area (Å²) in [6.45, 7) is 5.14. The van der Waals surface area contributed by atoms with Crippen LogP contribution >= 0.6 is 11.6 Å². The van der Waals surface area contributed by atoms with Crippen LogP contribution in [0, 0.1) is 12.8 Å². The van der Waals surface area contributed by atoms with Crippen molar-refractivity contribution in [3.63, 3.8) is 0 Å². The van der Waals surface area contributed by atoms with Crippen LogP contribution < -0.4 is 0 Å². The summed E-state index contributed by atoms with van der Waals surface area (Å²) in [6.07, 6.45) is 5.31. The molecule has 21 heavy (non-hydrogen) atoms. The molecule has 1 aromatic heterocycles. The van der Waals surface area contributed by atoms with Gasteiger partial charge in [-0.1, -0.05) is 19.8 Å². The Hall–Kier alpha value is -0.590. The van der Waals surface area contributed by atoms with Crippen molar-refractivity contribution >= 4 is 21.6 Å². The molecule has 5 nitrogen and oxygen atoms in total. The molecule has 0 radical (unpaired) electrons. The minimum absolute atomic E-state index is 0.101. The van der Waals surface area contributed by atoms with Crippen LogP contribution in [0.15, 0.2) is 5.03 Å². The van der Waals surface area contributed by atoms with Gasteiger partial charge in [-0.3, -0.25) is 5.10 Å². The Morgan fingerprint density at radius 3 is 2.81 bits per heavy atom. The van der Waals surface area contributed by atoms with Crippen LogP contribution in [-0.2, 0) is 15.9 Å². The molecule has 0 amide bonds. The highest BCUT2D eigenvalue weighted by Crippen LogP contribution is 2.27. The summed E-state index contributed by atoms with van der Waals surface area (Å²) in [5.74, 6) is 0.798. The summed E-state index contributed by atoms with van der Waals surface area (Å²) >= 11 is 5.88. The van der Waals surface area contributed by atoms with Crippen LogP contribution in [0.25, 0.3) is 0 Å². The molecule has 1 atom stereocenters. The summed E-state index contributed by atoms with van der Waals surface area (Å²) in [7, 11) is -3.54. The number of sulfonamides is 1. The highest BCUT2D eigenvalue weighted by atomic mass is 35.5. The number of aryl methyl sites for hydroxylation is 1. The van der Waals surface area contributed by atoms with Crippen LogP contribution in [0.4, 0.5) is 0 Å². The molecule has 2 heterocycles. The monoisotopic (exact) mass is 333 g/mol. The summed E-state index contributed by atoms with van der Waals surface area (Å²) in [5, 5.41) is 6.82. The summed E-state index contributed by atoms with van der Waals surface area (Å²) in [4.78, 5) is 0. The zero-order valence-electron chi connectivity index (χ0n) is 12.7. The van der Waals surface area contributed by atoms with Gasteiger partial charge in [-0.2, -0.15) is 9.40 Å². The number of aromatic amines is 1. The lowest BCUT2D eigenvalue weighted by atomic mass is 9.96. The van der Waals surface area contributed by atoms with E-state index in [2.05, 4.69) is 17.1 Å². The number of nitrogens with one attached hydrogen (secondary N) is 1. The Kier molecular flexibility index (Phi) is 5.68. The second-order valence-electron chi connectivity index (χ2n) is 5.76. The first-order valence-electron chi connectivity index (χ1n) is 7.60. The fourth-order valence-electron chi connectivity index (χ4n) is 3.00. The van der Waals surface area contributed by atoms with Crippen molar-refractivity contribution in [3.8, 4) is 0 Å². The van der Waals surface area contributed by atoms with E-state index in [1.165, 1.54) is 6.42 Å². The van der Waals surface area contributed by atoms with Crippen molar-refractivity contribution in [1.29, 1.82) is 0 Å². The normalized spacial score (nSPS) is 21.4. The molecule has 0 saturated carbocycles. The standard InChI is InChI=1S/C14H24ClN3O2S/c1-3-5-12-6-4-8-18(9-7-12)21(19,20)14-13(10-15)11(2)16-17-14/h12H,3-10H2,1-2H3,(H,16,17). The SMILES string of the molecule is CCCC1CCCN(S(=O)(=O)c2n[nH]c(C)c2CCl)CC1. The van der Waals surface area contributed by atoms with E-state index in [9.17, 15) is 8.42 Å². The Labute approximate surface area is 132 Å². The third-order valence-corrected chi connectivity index (χ3v) is 6.40. The van der Waals surface area contributed by atoms with E-state index in [0.29, 0.717) is 24.6 Å². The number of alkyl halides is 1. The Morgan fingerprint density at radius 2 is 2.14 bits per heavy atom. The van der Waals surface area contributed by atoms with Crippen molar-refractivity contribution in [2.24, 2.45) is 5.92 Å². The molecule has 1 fully saturated rings. The minimum Gasteiger partial charge on any atom is -0.281 e. The van der Waals surface area contributed by atoms with Gasteiger partial charge in [0.1, 0.15) is 0 Å². The number of H-pyrrole nitrogens is 1. The number of aromatic nitrogens is 2. The lowest BCUT2D eigenvalue weighted by Crippen LogP contribution is -2.33. The van der Waals surface area contributed by atoms with Gasteiger partial charge in [-0.15, -0.1) is 11.6 Å². The first-order chi connectivity index (χ1) is 10.0. The van der Waals surface area contributed by atoms with Crippen LogP contribution in [-0.4, -0.2) is 36.0 Å². The molecular weight excluding hydrogens is 310 g/mol. The molecule has 120 valence electrons. The zero-order valence-corrected chi connectivity index (χ0v) is 14.3. The van der Waals surface area contributed by atoms with Crippen molar-refractivity contribution in [2.75, 3.05) is 13.1 Å². The molecule has 0 aliphatic carbocycles.